The number of ether oxygens (including phenoxy) is 1. The Hall–Kier alpha value is -1.72. The summed E-state index contributed by atoms with van der Waals surface area (Å²) in [7, 11) is 1.70. The third kappa shape index (κ3) is 2.15. The molecule has 5 nitrogen and oxygen atoms in total. The molecule has 0 saturated heterocycles. The second-order valence-electron chi connectivity index (χ2n) is 4.74. The Morgan fingerprint density at radius 3 is 2.84 bits per heavy atom. The molecule has 5 heteroatoms. The monoisotopic (exact) mass is 258 g/mol. The van der Waals surface area contributed by atoms with Crippen LogP contribution < -0.4 is 5.32 Å². The van der Waals surface area contributed by atoms with Crippen molar-refractivity contribution in [2.24, 2.45) is 0 Å². The number of hydrogen-bond donors (Lipinski definition) is 1. The molecule has 2 heterocycles. The maximum absolute atomic E-state index is 5.36. The van der Waals surface area contributed by atoms with Gasteiger partial charge in [-0.05, 0) is 12.5 Å². The molecule has 1 aliphatic rings. The van der Waals surface area contributed by atoms with Crippen molar-refractivity contribution in [3.8, 4) is 0 Å². The molecule has 0 bridgehead atoms. The molecule has 3 rings (SSSR count). The van der Waals surface area contributed by atoms with E-state index < -0.39 is 0 Å². The number of nitrogens with one attached hydrogen (secondary N) is 1. The molecule has 1 aromatic carbocycles. The van der Waals surface area contributed by atoms with E-state index in [9.17, 15) is 0 Å². The van der Waals surface area contributed by atoms with Crippen LogP contribution in [0.15, 0.2) is 30.3 Å². The Bertz CT molecular complexity index is 552. The van der Waals surface area contributed by atoms with E-state index >= 15 is 0 Å². The van der Waals surface area contributed by atoms with Gasteiger partial charge >= 0.3 is 0 Å². The standard InChI is InChI=1S/C14H18N4O/c1-10(19-2)13-16-17-14-12(15-8-9-18(13)14)11-6-4-3-5-7-11/h3-7,10,12,15H,8-9H2,1-2H3. The van der Waals surface area contributed by atoms with Crippen molar-refractivity contribution in [1.82, 2.24) is 20.1 Å². The maximum atomic E-state index is 5.36. The summed E-state index contributed by atoms with van der Waals surface area (Å²) in [6, 6.07) is 10.5. The van der Waals surface area contributed by atoms with Crippen LogP contribution in [0, 0.1) is 0 Å². The van der Waals surface area contributed by atoms with Crippen LogP contribution in [0.4, 0.5) is 0 Å². The SMILES string of the molecule is COC(C)c1nnc2n1CCNC2c1ccccc1. The summed E-state index contributed by atoms with van der Waals surface area (Å²) in [5.74, 6) is 1.87. The average molecular weight is 258 g/mol. The molecule has 2 aromatic rings. The molecule has 0 fully saturated rings. The Kier molecular flexibility index (Phi) is 3.31. The minimum Gasteiger partial charge on any atom is -0.374 e. The molecule has 0 aliphatic carbocycles. The quantitative estimate of drug-likeness (QED) is 0.910. The number of nitrogens with zero attached hydrogens (tertiary/aromatic N) is 3. The number of methoxy groups -OCH3 is 1. The maximum Gasteiger partial charge on any atom is 0.162 e. The number of benzene rings is 1. The molecular formula is C14H18N4O. The van der Waals surface area contributed by atoms with E-state index in [2.05, 4.69) is 32.2 Å². The van der Waals surface area contributed by atoms with Gasteiger partial charge in [0.25, 0.3) is 0 Å². The molecule has 100 valence electrons. The lowest BCUT2D eigenvalue weighted by Gasteiger charge is -2.26. The second kappa shape index (κ2) is 5.11. The van der Waals surface area contributed by atoms with Crippen molar-refractivity contribution in [2.75, 3.05) is 13.7 Å². The first-order chi connectivity index (χ1) is 9.31. The van der Waals surface area contributed by atoms with Crippen molar-refractivity contribution in [3.05, 3.63) is 47.5 Å². The number of aromatic nitrogens is 3. The van der Waals surface area contributed by atoms with Crippen LogP contribution in [0.25, 0.3) is 0 Å². The Balaban J connectivity index is 2.00. The van der Waals surface area contributed by atoms with Gasteiger partial charge in [0.05, 0.1) is 6.04 Å². The van der Waals surface area contributed by atoms with E-state index in [0.29, 0.717) is 0 Å². The van der Waals surface area contributed by atoms with Gasteiger partial charge < -0.3 is 14.6 Å². The van der Waals surface area contributed by atoms with Crippen molar-refractivity contribution >= 4 is 0 Å². The summed E-state index contributed by atoms with van der Waals surface area (Å²) in [4.78, 5) is 0. The lowest BCUT2D eigenvalue weighted by atomic mass is 10.0. The van der Waals surface area contributed by atoms with E-state index in [1.54, 1.807) is 7.11 Å². The topological polar surface area (TPSA) is 52.0 Å². The number of fused-ring (bicyclic) bond motifs is 1. The van der Waals surface area contributed by atoms with Gasteiger partial charge in [-0.15, -0.1) is 10.2 Å². The minimum absolute atomic E-state index is 0.0317. The van der Waals surface area contributed by atoms with E-state index in [4.69, 9.17) is 4.74 Å². The van der Waals surface area contributed by atoms with Crippen LogP contribution in [0.3, 0.4) is 0 Å². The molecule has 1 aliphatic heterocycles. The van der Waals surface area contributed by atoms with Gasteiger partial charge in [-0.2, -0.15) is 0 Å². The molecule has 19 heavy (non-hydrogen) atoms. The smallest absolute Gasteiger partial charge is 0.162 e. The van der Waals surface area contributed by atoms with Gasteiger partial charge in [0.2, 0.25) is 0 Å². The molecule has 0 spiro atoms. The fraction of sp³-hybridized carbons (Fsp3) is 0.429. The number of hydrogen-bond acceptors (Lipinski definition) is 4. The van der Waals surface area contributed by atoms with Crippen LogP contribution in [0.1, 0.15) is 36.3 Å². The van der Waals surface area contributed by atoms with E-state index in [0.717, 1.165) is 24.7 Å². The Labute approximate surface area is 112 Å². The van der Waals surface area contributed by atoms with Gasteiger partial charge in [0.1, 0.15) is 6.10 Å². The predicted molar refractivity (Wildman–Crippen MR) is 71.7 cm³/mol. The van der Waals surface area contributed by atoms with Crippen LogP contribution in [0.5, 0.6) is 0 Å². The van der Waals surface area contributed by atoms with Crippen molar-refractivity contribution in [3.63, 3.8) is 0 Å². The lowest BCUT2D eigenvalue weighted by Crippen LogP contribution is -2.35. The fourth-order valence-electron chi connectivity index (χ4n) is 2.50. The number of rotatable bonds is 3. The molecule has 0 saturated carbocycles. The van der Waals surface area contributed by atoms with Crippen LogP contribution in [0.2, 0.25) is 0 Å². The molecular weight excluding hydrogens is 240 g/mol. The van der Waals surface area contributed by atoms with Crippen LogP contribution in [-0.2, 0) is 11.3 Å². The van der Waals surface area contributed by atoms with E-state index in [-0.39, 0.29) is 12.1 Å². The third-order valence-electron chi connectivity index (χ3n) is 3.60. The Morgan fingerprint density at radius 2 is 2.11 bits per heavy atom. The van der Waals surface area contributed by atoms with Gasteiger partial charge in [-0.3, -0.25) is 0 Å². The van der Waals surface area contributed by atoms with Gasteiger partial charge in [0.15, 0.2) is 11.6 Å². The highest BCUT2D eigenvalue weighted by Crippen LogP contribution is 2.26. The second-order valence-corrected chi connectivity index (χ2v) is 4.74. The van der Waals surface area contributed by atoms with Crippen molar-refractivity contribution in [2.45, 2.75) is 25.6 Å². The fourth-order valence-corrected chi connectivity index (χ4v) is 2.50. The normalized spacial score (nSPS) is 20.0. The van der Waals surface area contributed by atoms with Gasteiger partial charge in [-0.25, -0.2) is 0 Å². The first-order valence-electron chi connectivity index (χ1n) is 6.55. The average Bonchev–Trinajstić information content (AvgIpc) is 2.91. The third-order valence-corrected chi connectivity index (χ3v) is 3.60. The first kappa shape index (κ1) is 12.3. The minimum atomic E-state index is -0.0317. The molecule has 2 atom stereocenters. The molecule has 1 aromatic heterocycles. The molecule has 0 radical (unpaired) electrons. The highest BCUT2D eigenvalue weighted by Gasteiger charge is 2.27. The summed E-state index contributed by atoms with van der Waals surface area (Å²) in [5, 5.41) is 12.1. The lowest BCUT2D eigenvalue weighted by molar-refractivity contribution is 0.107. The summed E-state index contributed by atoms with van der Waals surface area (Å²) >= 11 is 0. The summed E-state index contributed by atoms with van der Waals surface area (Å²) in [6.45, 7) is 3.79. The first-order valence-corrected chi connectivity index (χ1v) is 6.55. The molecule has 2 unspecified atom stereocenters. The summed E-state index contributed by atoms with van der Waals surface area (Å²) in [6.07, 6.45) is -0.0317. The van der Waals surface area contributed by atoms with Crippen molar-refractivity contribution < 1.29 is 4.74 Å². The molecule has 0 amide bonds. The zero-order valence-electron chi connectivity index (χ0n) is 11.2. The zero-order valence-corrected chi connectivity index (χ0v) is 11.2. The molecule has 1 N–H and O–H groups in total. The van der Waals surface area contributed by atoms with Gasteiger partial charge in [0, 0.05) is 20.2 Å². The van der Waals surface area contributed by atoms with Crippen LogP contribution >= 0.6 is 0 Å². The largest absolute Gasteiger partial charge is 0.374 e. The predicted octanol–water partition coefficient (Wildman–Crippen LogP) is 1.68. The zero-order chi connectivity index (χ0) is 13.2. The van der Waals surface area contributed by atoms with Crippen LogP contribution in [-0.4, -0.2) is 28.4 Å². The Morgan fingerprint density at radius 1 is 1.32 bits per heavy atom. The van der Waals surface area contributed by atoms with Gasteiger partial charge in [-0.1, -0.05) is 30.3 Å². The van der Waals surface area contributed by atoms with E-state index in [1.807, 2.05) is 25.1 Å². The van der Waals surface area contributed by atoms with Crippen molar-refractivity contribution in [1.29, 1.82) is 0 Å². The highest BCUT2D eigenvalue weighted by molar-refractivity contribution is 5.26. The van der Waals surface area contributed by atoms with E-state index in [1.165, 1.54) is 5.56 Å². The highest BCUT2D eigenvalue weighted by atomic mass is 16.5. The summed E-state index contributed by atoms with van der Waals surface area (Å²) < 4.78 is 7.53. The summed E-state index contributed by atoms with van der Waals surface area (Å²) in [5.41, 5.74) is 1.22.